The molecule has 20 heavy (non-hydrogen) atoms. The van der Waals surface area contributed by atoms with E-state index in [-0.39, 0.29) is 23.2 Å². The molecule has 2 atom stereocenters. The summed E-state index contributed by atoms with van der Waals surface area (Å²) < 4.78 is 19.2. The van der Waals surface area contributed by atoms with Gasteiger partial charge in [0, 0.05) is 30.6 Å². The van der Waals surface area contributed by atoms with E-state index in [1.165, 1.54) is 13.2 Å². The molecule has 0 radical (unpaired) electrons. The van der Waals surface area contributed by atoms with Crippen molar-refractivity contribution in [2.45, 2.75) is 32.2 Å². The number of benzene rings is 1. The van der Waals surface area contributed by atoms with Gasteiger partial charge in [-0.15, -0.1) is 0 Å². The van der Waals surface area contributed by atoms with Crippen molar-refractivity contribution in [3.8, 4) is 11.8 Å². The first-order chi connectivity index (χ1) is 9.36. The average molecular weight is 276 g/mol. The first-order valence-corrected chi connectivity index (χ1v) is 6.85. The molecule has 0 amide bonds. The Hall–Kier alpha value is -1.60. The van der Waals surface area contributed by atoms with Gasteiger partial charge in [0.1, 0.15) is 11.6 Å². The maximum absolute atomic E-state index is 14.2. The molecule has 1 saturated heterocycles. The highest BCUT2D eigenvalue weighted by atomic mass is 19.1. The number of likely N-dealkylation sites (tertiary alicyclic amines) is 1. The molecule has 108 valence electrons. The third-order valence-corrected chi connectivity index (χ3v) is 4.04. The van der Waals surface area contributed by atoms with Gasteiger partial charge in [-0.2, -0.15) is 5.26 Å². The Bertz CT molecular complexity index is 530. The van der Waals surface area contributed by atoms with Crippen molar-refractivity contribution >= 4 is 0 Å². The minimum absolute atomic E-state index is 0.00715. The van der Waals surface area contributed by atoms with Gasteiger partial charge in [0.25, 0.3) is 0 Å². The molecule has 0 bridgehead atoms. The second kappa shape index (κ2) is 5.41. The Morgan fingerprint density at radius 3 is 2.55 bits per heavy atom. The predicted octanol–water partition coefficient (Wildman–Crippen LogP) is 3.17. The van der Waals surface area contributed by atoms with Crippen LogP contribution in [0.4, 0.5) is 4.39 Å². The van der Waals surface area contributed by atoms with Crippen molar-refractivity contribution in [3.05, 3.63) is 29.6 Å². The van der Waals surface area contributed by atoms with Crippen LogP contribution in [0.3, 0.4) is 0 Å². The fourth-order valence-electron chi connectivity index (χ4n) is 2.73. The van der Waals surface area contributed by atoms with Crippen LogP contribution in [0.2, 0.25) is 0 Å². The number of nitrogens with zero attached hydrogens (tertiary/aromatic N) is 2. The standard InChI is InChI=1S/C16H21FN2O/c1-16(2,3)19-9-11(8-18)14(10-19)13-6-5-12(20-4)7-15(13)17/h5-7,11,14H,9-10H2,1-4H3/t11-,14-/m0/s1. The number of hydrogen-bond donors (Lipinski definition) is 0. The van der Waals surface area contributed by atoms with Gasteiger partial charge in [0.2, 0.25) is 0 Å². The van der Waals surface area contributed by atoms with Crippen LogP contribution >= 0.6 is 0 Å². The van der Waals surface area contributed by atoms with Gasteiger partial charge in [0.05, 0.1) is 19.1 Å². The Morgan fingerprint density at radius 2 is 2.05 bits per heavy atom. The van der Waals surface area contributed by atoms with E-state index in [0.29, 0.717) is 24.4 Å². The molecule has 4 heteroatoms. The van der Waals surface area contributed by atoms with Gasteiger partial charge in [0.15, 0.2) is 0 Å². The topological polar surface area (TPSA) is 36.3 Å². The normalized spacial score (nSPS) is 23.6. The van der Waals surface area contributed by atoms with E-state index in [0.717, 1.165) is 0 Å². The molecule has 1 aromatic rings. The van der Waals surface area contributed by atoms with Crippen LogP contribution in [0.15, 0.2) is 18.2 Å². The Labute approximate surface area is 120 Å². The molecular formula is C16H21FN2O. The van der Waals surface area contributed by atoms with Crippen molar-refractivity contribution in [3.63, 3.8) is 0 Å². The van der Waals surface area contributed by atoms with Crippen LogP contribution in [0.25, 0.3) is 0 Å². The summed E-state index contributed by atoms with van der Waals surface area (Å²) in [6, 6.07) is 7.23. The first-order valence-electron chi connectivity index (χ1n) is 6.85. The Morgan fingerprint density at radius 1 is 1.35 bits per heavy atom. The summed E-state index contributed by atoms with van der Waals surface area (Å²) >= 11 is 0. The van der Waals surface area contributed by atoms with E-state index in [2.05, 4.69) is 31.7 Å². The zero-order chi connectivity index (χ0) is 14.9. The summed E-state index contributed by atoms with van der Waals surface area (Å²) in [6.45, 7) is 7.76. The van der Waals surface area contributed by atoms with Crippen LogP contribution < -0.4 is 4.74 Å². The van der Waals surface area contributed by atoms with E-state index in [1.807, 2.05) is 0 Å². The maximum Gasteiger partial charge on any atom is 0.130 e. The van der Waals surface area contributed by atoms with E-state index < -0.39 is 0 Å². The molecular weight excluding hydrogens is 255 g/mol. The highest BCUT2D eigenvalue weighted by molar-refractivity contribution is 5.33. The van der Waals surface area contributed by atoms with Gasteiger partial charge in [-0.1, -0.05) is 6.07 Å². The second-order valence-corrected chi connectivity index (χ2v) is 6.31. The maximum atomic E-state index is 14.2. The molecule has 1 heterocycles. The molecule has 0 unspecified atom stereocenters. The molecule has 3 nitrogen and oxygen atoms in total. The Balaban J connectivity index is 2.30. The molecule has 1 aliphatic rings. The van der Waals surface area contributed by atoms with E-state index in [9.17, 15) is 9.65 Å². The number of methoxy groups -OCH3 is 1. The SMILES string of the molecule is COc1ccc([C@H]2CN(C(C)(C)C)C[C@@H]2C#N)c(F)c1. The lowest BCUT2D eigenvalue weighted by Gasteiger charge is -2.31. The smallest absolute Gasteiger partial charge is 0.130 e. The molecule has 0 aliphatic carbocycles. The van der Waals surface area contributed by atoms with E-state index in [4.69, 9.17) is 4.74 Å². The van der Waals surface area contributed by atoms with Crippen molar-refractivity contribution in [2.24, 2.45) is 5.92 Å². The van der Waals surface area contributed by atoms with E-state index in [1.54, 1.807) is 12.1 Å². The highest BCUT2D eigenvalue weighted by Crippen LogP contribution is 2.37. The van der Waals surface area contributed by atoms with Gasteiger partial charge < -0.3 is 4.74 Å². The number of rotatable bonds is 2. The lowest BCUT2D eigenvalue weighted by molar-refractivity contribution is 0.170. The largest absolute Gasteiger partial charge is 0.497 e. The van der Waals surface area contributed by atoms with Crippen molar-refractivity contribution in [2.75, 3.05) is 20.2 Å². The van der Waals surface area contributed by atoms with Crippen molar-refractivity contribution in [1.29, 1.82) is 5.26 Å². The van der Waals surface area contributed by atoms with Crippen LogP contribution in [-0.2, 0) is 0 Å². The summed E-state index contributed by atoms with van der Waals surface area (Å²) in [5, 5.41) is 9.35. The summed E-state index contributed by atoms with van der Waals surface area (Å²) in [5.41, 5.74) is 0.608. The molecule has 0 aromatic heterocycles. The lowest BCUT2D eigenvalue weighted by Crippen LogP contribution is -2.39. The van der Waals surface area contributed by atoms with Crippen LogP contribution in [0.1, 0.15) is 32.3 Å². The third kappa shape index (κ3) is 2.78. The molecule has 1 aromatic carbocycles. The zero-order valence-corrected chi connectivity index (χ0v) is 12.5. The molecule has 1 aliphatic heterocycles. The minimum atomic E-state index is -0.287. The molecule has 1 fully saturated rings. The number of nitriles is 1. The lowest BCUT2D eigenvalue weighted by atomic mass is 9.89. The summed E-state index contributed by atoms with van der Waals surface area (Å²) in [5.74, 6) is -0.0296. The van der Waals surface area contributed by atoms with E-state index >= 15 is 0 Å². The van der Waals surface area contributed by atoms with Crippen LogP contribution in [0, 0.1) is 23.1 Å². The van der Waals surface area contributed by atoms with Crippen molar-refractivity contribution < 1.29 is 9.13 Å². The fourth-order valence-corrected chi connectivity index (χ4v) is 2.73. The van der Waals surface area contributed by atoms with Crippen molar-refractivity contribution in [1.82, 2.24) is 4.90 Å². The van der Waals surface area contributed by atoms with Gasteiger partial charge in [-0.05, 0) is 32.4 Å². The second-order valence-electron chi connectivity index (χ2n) is 6.31. The zero-order valence-electron chi connectivity index (χ0n) is 12.5. The molecule has 2 rings (SSSR count). The van der Waals surface area contributed by atoms with Gasteiger partial charge >= 0.3 is 0 Å². The third-order valence-electron chi connectivity index (χ3n) is 4.04. The first kappa shape index (κ1) is 14.8. The molecule has 0 spiro atoms. The minimum Gasteiger partial charge on any atom is -0.497 e. The highest BCUT2D eigenvalue weighted by Gasteiger charge is 2.39. The monoisotopic (exact) mass is 276 g/mol. The number of hydrogen-bond acceptors (Lipinski definition) is 3. The Kier molecular flexibility index (Phi) is 4.01. The quantitative estimate of drug-likeness (QED) is 0.832. The average Bonchev–Trinajstić information content (AvgIpc) is 2.82. The summed E-state index contributed by atoms with van der Waals surface area (Å²) in [6.07, 6.45) is 0. The van der Waals surface area contributed by atoms with Gasteiger partial charge in [-0.3, -0.25) is 4.90 Å². The number of ether oxygens (including phenoxy) is 1. The number of halogens is 1. The van der Waals surface area contributed by atoms with Crippen LogP contribution in [0.5, 0.6) is 5.75 Å². The van der Waals surface area contributed by atoms with Crippen LogP contribution in [-0.4, -0.2) is 30.6 Å². The molecule has 0 N–H and O–H groups in total. The summed E-state index contributed by atoms with van der Waals surface area (Å²) in [4.78, 5) is 2.25. The predicted molar refractivity (Wildman–Crippen MR) is 76.1 cm³/mol. The summed E-state index contributed by atoms with van der Waals surface area (Å²) in [7, 11) is 1.52. The van der Waals surface area contributed by atoms with Gasteiger partial charge in [-0.25, -0.2) is 4.39 Å². The fraction of sp³-hybridized carbons (Fsp3) is 0.562. The molecule has 0 saturated carbocycles.